The van der Waals surface area contributed by atoms with Crippen LogP contribution in [-0.2, 0) is 32.7 Å². The number of hydrogen-bond donors (Lipinski definition) is 1. The second kappa shape index (κ2) is 5.56. The molecule has 2 rings (SSSR count). The molecule has 2 aromatic heterocycles. The van der Waals surface area contributed by atoms with Crippen molar-refractivity contribution in [3.63, 3.8) is 0 Å². The van der Waals surface area contributed by atoms with E-state index in [9.17, 15) is 0 Å². The molecule has 0 aromatic carbocycles. The summed E-state index contributed by atoms with van der Waals surface area (Å²) >= 11 is 0. The molecule has 74 valence electrons. The Morgan fingerprint density at radius 3 is 3.07 bits per heavy atom. The molecule has 0 spiro atoms. The van der Waals surface area contributed by atoms with Crippen LogP contribution in [0.15, 0.2) is 12.5 Å². The third-order valence-electron chi connectivity index (χ3n) is 1.94. The van der Waals surface area contributed by atoms with Crippen LogP contribution in [-0.4, -0.2) is 22.4 Å². The van der Waals surface area contributed by atoms with Gasteiger partial charge >= 0.3 is 0 Å². The third-order valence-corrected chi connectivity index (χ3v) is 1.94. The van der Waals surface area contributed by atoms with Crippen LogP contribution in [0.5, 0.6) is 0 Å². The molecule has 2 N–H and O–H groups in total. The zero-order chi connectivity index (χ0) is 9.97. The summed E-state index contributed by atoms with van der Waals surface area (Å²) in [6.07, 6.45) is 4.82. The molecule has 0 saturated carbocycles. The van der Waals surface area contributed by atoms with Crippen molar-refractivity contribution in [3.05, 3.63) is 25.2 Å². The number of hydrogen-bond acceptors (Lipinski definition) is 2. The predicted molar refractivity (Wildman–Crippen MR) is 54.0 cm³/mol. The Bertz CT molecular complexity index is 444. The molecular weight excluding hydrogens is 266 g/mol. The van der Waals surface area contributed by atoms with Crippen LogP contribution in [0.25, 0.3) is 16.9 Å². The van der Waals surface area contributed by atoms with E-state index in [1.54, 1.807) is 17.0 Å². The number of nitrogens with one attached hydrogen (secondary N) is 2. The van der Waals surface area contributed by atoms with Gasteiger partial charge in [-0.2, -0.15) is 6.42 Å². The first-order valence-corrected chi connectivity index (χ1v) is 4.40. The summed E-state index contributed by atoms with van der Waals surface area (Å²) < 4.78 is 1.66. The molecule has 0 aliphatic rings. The number of nitrogens with zero attached hydrogens (tertiary/aromatic N) is 3. The van der Waals surface area contributed by atoms with E-state index in [2.05, 4.69) is 21.9 Å². The van der Waals surface area contributed by atoms with Crippen molar-refractivity contribution < 1.29 is 37.2 Å². The van der Waals surface area contributed by atoms with Crippen LogP contribution in [0.4, 0.5) is 5.95 Å². The van der Waals surface area contributed by atoms with Crippen LogP contribution in [0.2, 0.25) is 6.32 Å². The van der Waals surface area contributed by atoms with Gasteiger partial charge < -0.3 is 16.4 Å². The number of fused-ring (bicyclic) bond motifs is 1. The zero-order valence-corrected chi connectivity index (χ0v) is 11.1. The van der Waals surface area contributed by atoms with Crippen LogP contribution in [0.1, 0.15) is 6.42 Å². The average molecular weight is 276 g/mol. The first-order valence-electron chi connectivity index (χ1n) is 4.40. The van der Waals surface area contributed by atoms with Gasteiger partial charge in [-0.1, -0.05) is 6.32 Å². The molecule has 0 atom stereocenters. The normalized spacial score (nSPS) is 9.93. The van der Waals surface area contributed by atoms with E-state index < -0.39 is 0 Å². The fourth-order valence-corrected chi connectivity index (χ4v) is 1.27. The Kier molecular flexibility index (Phi) is 4.67. The summed E-state index contributed by atoms with van der Waals surface area (Å²) in [6.45, 7) is 3.74. The van der Waals surface area contributed by atoms with Crippen molar-refractivity contribution in [3.8, 4) is 0 Å². The van der Waals surface area contributed by atoms with Crippen LogP contribution < -0.4 is 4.48 Å². The quantitative estimate of drug-likeness (QED) is 0.672. The molecule has 0 saturated heterocycles. The van der Waals surface area contributed by atoms with E-state index in [4.69, 9.17) is 5.73 Å². The first kappa shape index (κ1) is 12.6. The second-order valence-corrected chi connectivity index (χ2v) is 2.92. The minimum Gasteiger partial charge on any atom is -0.345 e. The Morgan fingerprint density at radius 2 is 2.33 bits per heavy atom. The van der Waals surface area contributed by atoms with E-state index in [0.717, 1.165) is 23.9 Å². The number of aromatic amines is 1. The zero-order valence-electron chi connectivity index (χ0n) is 8.27. The average Bonchev–Trinajstić information content (AvgIpc) is 2.64. The molecule has 0 fully saturated rings. The maximum absolute atomic E-state index is 7.62. The molecule has 2 heterocycles. The van der Waals surface area contributed by atoms with Crippen LogP contribution in [0, 0.1) is 6.92 Å². The largest absolute Gasteiger partial charge is 0.345 e. The van der Waals surface area contributed by atoms with Crippen molar-refractivity contribution in [2.24, 2.45) is 0 Å². The molecular formula is C8H10BN5Y-. The molecule has 2 aromatic rings. The molecule has 15 heavy (non-hydrogen) atoms. The Labute approximate surface area is 114 Å². The molecule has 5 nitrogen and oxygen atoms in total. The van der Waals surface area contributed by atoms with Gasteiger partial charge in [0.25, 0.3) is 7.41 Å². The predicted octanol–water partition coefficient (Wildman–Crippen LogP) is 1.04. The van der Waals surface area contributed by atoms with E-state index in [1.165, 1.54) is 0 Å². The summed E-state index contributed by atoms with van der Waals surface area (Å²) in [5, 5.41) is 0. The van der Waals surface area contributed by atoms with Gasteiger partial charge in [-0.15, -0.1) is 0 Å². The standard InChI is InChI=1S/C8H10BN5.Y/c1-2-3-9-14-7-6(12-5-13-7)4-11-8(14)10;/h4-5H,1-3H2,(H2-,10,11,12,13);/q-1;. The Hall–Kier alpha value is -0.481. The molecule has 0 aliphatic carbocycles. The molecule has 0 unspecified atom stereocenters. The van der Waals surface area contributed by atoms with Crippen molar-refractivity contribution in [1.82, 2.24) is 15.0 Å². The van der Waals surface area contributed by atoms with Gasteiger partial charge in [0.1, 0.15) is 11.2 Å². The van der Waals surface area contributed by atoms with Crippen molar-refractivity contribution in [2.75, 3.05) is 0 Å². The Morgan fingerprint density at radius 1 is 1.53 bits per heavy atom. The summed E-state index contributed by atoms with van der Waals surface area (Å²) in [6, 6.07) is 0. The molecule has 2 radical (unpaired) electrons. The molecule has 0 aliphatic heterocycles. The summed E-state index contributed by atoms with van der Waals surface area (Å²) in [4.78, 5) is 11.0. The number of rotatable bonds is 3. The van der Waals surface area contributed by atoms with E-state index in [0.29, 0.717) is 0 Å². The van der Waals surface area contributed by atoms with Gasteiger partial charge in [-0.05, 0) is 0 Å². The third kappa shape index (κ3) is 2.55. The van der Waals surface area contributed by atoms with E-state index in [-0.39, 0.29) is 38.7 Å². The van der Waals surface area contributed by atoms with E-state index in [1.807, 2.05) is 7.41 Å². The summed E-state index contributed by atoms with van der Waals surface area (Å²) in [5.74, 6) is 0.193. The molecule has 7 heteroatoms. The van der Waals surface area contributed by atoms with Crippen molar-refractivity contribution in [2.45, 2.75) is 12.7 Å². The maximum Gasteiger partial charge on any atom is 0.256 e. The van der Waals surface area contributed by atoms with Crippen molar-refractivity contribution in [1.29, 1.82) is 0 Å². The van der Waals surface area contributed by atoms with Gasteiger partial charge in [-0.25, -0.2) is 9.97 Å². The Balaban J connectivity index is 0.00000112. The number of imidazole rings is 1. The van der Waals surface area contributed by atoms with Crippen LogP contribution in [0.3, 0.4) is 0 Å². The SMILES string of the molecule is [CH2-]CC[B][n+]1c([NH-])ncc2[nH]cnc21.[Y]. The second-order valence-electron chi connectivity index (χ2n) is 2.92. The monoisotopic (exact) mass is 276 g/mol. The molecule has 0 bridgehead atoms. The molecule has 0 amide bonds. The van der Waals surface area contributed by atoms with Gasteiger partial charge in [-0.3, -0.25) is 5.73 Å². The van der Waals surface area contributed by atoms with Crippen LogP contribution >= 0.6 is 0 Å². The van der Waals surface area contributed by atoms with Gasteiger partial charge in [0.2, 0.25) is 5.95 Å². The van der Waals surface area contributed by atoms with Gasteiger partial charge in [0.05, 0.1) is 12.5 Å². The smallest absolute Gasteiger partial charge is 0.256 e. The van der Waals surface area contributed by atoms with Gasteiger partial charge in [0, 0.05) is 32.7 Å². The summed E-state index contributed by atoms with van der Waals surface area (Å²) in [5.41, 5.74) is 9.19. The minimum absolute atomic E-state index is 0. The van der Waals surface area contributed by atoms with Crippen molar-refractivity contribution >= 4 is 24.5 Å². The fraction of sp³-hybridized carbons (Fsp3) is 0.250. The minimum atomic E-state index is 0. The first-order chi connectivity index (χ1) is 6.83. The summed E-state index contributed by atoms with van der Waals surface area (Å²) in [7, 11) is 1.88. The fourth-order valence-electron chi connectivity index (χ4n) is 1.27. The number of aromatic nitrogens is 4. The number of H-pyrrole nitrogens is 1. The topological polar surface area (TPSA) is 69.2 Å². The maximum atomic E-state index is 7.62. The van der Waals surface area contributed by atoms with Gasteiger partial charge in [0.15, 0.2) is 0 Å². The van der Waals surface area contributed by atoms with E-state index >= 15 is 0 Å².